The maximum atomic E-state index is 4.03. The molecule has 0 spiro atoms. The second-order valence-electron chi connectivity index (χ2n) is 0.535. The molecule has 0 aliphatic carbocycles. The second-order valence-corrected chi connectivity index (χ2v) is 0.793. The van der Waals surface area contributed by atoms with E-state index in [1.54, 1.807) is 0 Å². The summed E-state index contributed by atoms with van der Waals surface area (Å²) in [6.07, 6.45) is 1.08. The Labute approximate surface area is 43.7 Å². The predicted octanol–water partition coefficient (Wildman–Crippen LogP) is -0.259. The lowest BCUT2D eigenvalue weighted by Gasteiger charge is -1.89. The van der Waals surface area contributed by atoms with Crippen LogP contribution in [0.5, 0.6) is 0 Å². The Bertz CT molecular complexity index is 58.0. The van der Waals surface area contributed by atoms with E-state index in [0.717, 1.165) is 6.26 Å². The molecule has 7 heavy (non-hydrogen) atoms. The molecule has 0 heterocycles. The van der Waals surface area contributed by atoms with Gasteiger partial charge in [0.1, 0.15) is 6.26 Å². The highest BCUT2D eigenvalue weighted by atomic mass is 28.1. The lowest BCUT2D eigenvalue weighted by molar-refractivity contribution is -0.490. The van der Waals surface area contributed by atoms with Crippen molar-refractivity contribution in [2.24, 2.45) is 4.80 Å². The summed E-state index contributed by atoms with van der Waals surface area (Å²) in [4.78, 5) is 11.0. The lowest BCUT2D eigenvalue weighted by Crippen LogP contribution is -1.81. The first-order valence-electron chi connectivity index (χ1n) is 1.48. The number of hydrogen-bond donors (Lipinski definition) is 0. The van der Waals surface area contributed by atoms with Gasteiger partial charge in [-0.25, -0.2) is 0 Å². The van der Waals surface area contributed by atoms with Crippen LogP contribution in [0, 0.1) is 0 Å². The van der Waals surface area contributed by atoms with E-state index in [-0.39, 0.29) is 0 Å². The van der Waals surface area contributed by atoms with Gasteiger partial charge in [-0.05, 0) is 0 Å². The topological polar surface area (TPSA) is 40.0 Å². The van der Waals surface area contributed by atoms with Crippen molar-refractivity contribution in [1.82, 2.24) is 0 Å². The Kier molecular flexibility index (Phi) is 4.80. The second kappa shape index (κ2) is 5.32. The number of nitrogens with zero attached hydrogens (tertiary/aromatic N) is 1. The van der Waals surface area contributed by atoms with Crippen molar-refractivity contribution in [3.8, 4) is 0 Å². The van der Waals surface area contributed by atoms with Crippen LogP contribution in [-0.2, 0) is 14.9 Å². The molecule has 0 N–H and O–H groups in total. The summed E-state index contributed by atoms with van der Waals surface area (Å²) in [5.74, 6) is 0. The predicted molar refractivity (Wildman–Crippen MR) is 24.4 cm³/mol. The fourth-order valence-corrected chi connectivity index (χ4v) is 0.110. The third kappa shape index (κ3) is 5.32. The van der Waals surface area contributed by atoms with Gasteiger partial charge >= 0.3 is 0 Å². The minimum Gasteiger partial charge on any atom is -0.306 e. The van der Waals surface area contributed by atoms with Crippen molar-refractivity contribution in [1.29, 1.82) is 0 Å². The van der Waals surface area contributed by atoms with Gasteiger partial charge in [-0.3, -0.25) is 0 Å². The van der Waals surface area contributed by atoms with Crippen LogP contribution in [0.25, 0.3) is 0 Å². The summed E-state index contributed by atoms with van der Waals surface area (Å²) in [7, 11) is 1.24. The van der Waals surface area contributed by atoms with Crippen LogP contribution in [0.15, 0.2) is 17.6 Å². The minimum absolute atomic E-state index is 1.08. The molecule has 0 rings (SSSR count). The number of rotatable bonds is 4. The van der Waals surface area contributed by atoms with E-state index in [9.17, 15) is 0 Å². The van der Waals surface area contributed by atoms with E-state index in [0.29, 0.717) is 0 Å². The Hall–Kier alpha value is -0.683. The van der Waals surface area contributed by atoms with Crippen LogP contribution in [0.3, 0.4) is 0 Å². The molecule has 0 unspecified atom stereocenters. The molecule has 40 valence electrons. The quantitative estimate of drug-likeness (QED) is 0.168. The van der Waals surface area contributed by atoms with Gasteiger partial charge in [0.05, 0.1) is 5.04 Å². The fourth-order valence-electron chi connectivity index (χ4n) is 0.0669. The maximum absolute atomic E-state index is 4.03. The Balaban J connectivity index is 2.68. The van der Waals surface area contributed by atoms with E-state index < -0.39 is 0 Å². The first kappa shape index (κ1) is 6.32. The normalized spacial score (nSPS) is 6.86. The van der Waals surface area contributed by atoms with Gasteiger partial charge in [0.25, 0.3) is 0 Å². The molecule has 0 aliphatic rings. The Morgan fingerprint density at radius 2 is 2.43 bits per heavy atom. The molecule has 0 aromatic rings. The molecule has 0 bridgehead atoms. The molecule has 0 aromatic heterocycles. The maximum Gasteiger partial charge on any atom is 0.153 e. The molecule has 0 aromatic carbocycles. The van der Waals surface area contributed by atoms with Crippen LogP contribution in [-0.4, -0.2) is 10.0 Å². The van der Waals surface area contributed by atoms with E-state index in [1.165, 1.54) is 10.0 Å². The average molecular weight is 119 g/mol. The molecule has 0 saturated heterocycles. The summed E-state index contributed by atoms with van der Waals surface area (Å²) >= 11 is 0. The summed E-state index contributed by atoms with van der Waals surface area (Å²) in [5.41, 5.74) is 0. The van der Waals surface area contributed by atoms with Crippen molar-refractivity contribution in [2.45, 2.75) is 0 Å². The largest absolute Gasteiger partial charge is 0.306 e. The molecule has 0 saturated carbocycles. The first-order valence-corrected chi connectivity index (χ1v) is 2.11. The molecular weight excluding hydrogens is 114 g/mol. The lowest BCUT2D eigenvalue weighted by atomic mass is 11.2. The molecule has 0 radical (unpaired) electrons. The Morgan fingerprint density at radius 1 is 1.71 bits per heavy atom. The smallest absolute Gasteiger partial charge is 0.153 e. The third-order valence-electron chi connectivity index (χ3n) is 0.190. The van der Waals surface area contributed by atoms with Crippen LogP contribution >= 0.6 is 0 Å². The van der Waals surface area contributed by atoms with Crippen molar-refractivity contribution in [3.63, 3.8) is 0 Å². The third-order valence-corrected chi connectivity index (χ3v) is 0.296. The number of hydrogen-bond acceptors (Lipinski definition) is 4. The molecule has 5 heteroatoms. The van der Waals surface area contributed by atoms with Crippen molar-refractivity contribution < 1.29 is 14.9 Å². The Morgan fingerprint density at radius 3 is 2.86 bits per heavy atom. The van der Waals surface area contributed by atoms with Gasteiger partial charge in [0.15, 0.2) is 10.0 Å². The van der Waals surface area contributed by atoms with Gasteiger partial charge in [-0.1, -0.05) is 6.58 Å². The zero-order chi connectivity index (χ0) is 5.54. The molecule has 0 fully saturated rings. The van der Waals surface area contributed by atoms with Crippen LogP contribution < -0.4 is 0 Å². The van der Waals surface area contributed by atoms with Gasteiger partial charge in [-0.2, -0.15) is 4.99 Å². The molecule has 0 atom stereocenters. The van der Waals surface area contributed by atoms with Gasteiger partial charge in [-0.15, -0.1) is 4.80 Å². The molecule has 0 aliphatic heterocycles. The van der Waals surface area contributed by atoms with E-state index in [4.69, 9.17) is 0 Å². The van der Waals surface area contributed by atoms with Gasteiger partial charge in [0.2, 0.25) is 0 Å². The van der Waals surface area contributed by atoms with E-state index >= 15 is 0 Å². The summed E-state index contributed by atoms with van der Waals surface area (Å²) in [5, 5.41) is 3.85. The van der Waals surface area contributed by atoms with Crippen LogP contribution in [0.4, 0.5) is 0 Å². The van der Waals surface area contributed by atoms with Gasteiger partial charge in [0, 0.05) is 0 Å². The van der Waals surface area contributed by atoms with Crippen molar-refractivity contribution in [3.05, 3.63) is 12.8 Å². The van der Waals surface area contributed by atoms with E-state index in [2.05, 4.69) is 26.3 Å². The fraction of sp³-hybridized carbons (Fsp3) is 0. The highest BCUT2D eigenvalue weighted by molar-refractivity contribution is 5.91. The SMILES string of the molecule is C=COOON=[SiH2]. The van der Waals surface area contributed by atoms with E-state index in [1.807, 2.05) is 0 Å². The zero-order valence-corrected chi connectivity index (χ0v) is 5.08. The monoisotopic (exact) mass is 119 g/mol. The van der Waals surface area contributed by atoms with Gasteiger partial charge < -0.3 is 4.89 Å². The van der Waals surface area contributed by atoms with Crippen molar-refractivity contribution >= 4 is 10.0 Å². The van der Waals surface area contributed by atoms with Crippen LogP contribution in [0.2, 0.25) is 0 Å². The average Bonchev–Trinajstić information content (AvgIpc) is 1.69. The first-order chi connectivity index (χ1) is 3.41. The summed E-state index contributed by atoms with van der Waals surface area (Å²) in [6.45, 7) is 3.17. The molecule has 4 nitrogen and oxygen atoms in total. The summed E-state index contributed by atoms with van der Waals surface area (Å²) < 4.78 is 0. The zero-order valence-electron chi connectivity index (χ0n) is 3.66. The molecular formula is C2H5NO3Si. The van der Waals surface area contributed by atoms with Crippen molar-refractivity contribution in [2.75, 3.05) is 0 Å². The highest BCUT2D eigenvalue weighted by Gasteiger charge is 1.70. The van der Waals surface area contributed by atoms with Crippen LogP contribution in [0.1, 0.15) is 0 Å². The summed E-state index contributed by atoms with van der Waals surface area (Å²) in [6, 6.07) is 0. The highest BCUT2D eigenvalue weighted by Crippen LogP contribution is 1.77. The minimum atomic E-state index is 1.08. The standard InChI is InChI=1S/C2H5NO3Si/c1-2-4-6-5-3-7/h2H,1,7H2. The molecule has 0 amide bonds.